The van der Waals surface area contributed by atoms with Crippen LogP contribution in [-0.4, -0.2) is 47.9 Å². The molecule has 0 spiro atoms. The highest BCUT2D eigenvalue weighted by Gasteiger charge is 2.28. The van der Waals surface area contributed by atoms with Crippen LogP contribution in [0.1, 0.15) is 42.5 Å². The van der Waals surface area contributed by atoms with Crippen molar-refractivity contribution in [3.8, 4) is 0 Å². The second-order valence-corrected chi connectivity index (χ2v) is 6.51. The number of halogens is 1. The molecule has 2 aliphatic rings. The third-order valence-corrected chi connectivity index (χ3v) is 5.09. The Kier molecular flexibility index (Phi) is 4.81. The molecule has 114 valence electrons. The summed E-state index contributed by atoms with van der Waals surface area (Å²) in [6, 6.07) is 8.01. The van der Waals surface area contributed by atoms with E-state index < -0.39 is 0 Å². The zero-order chi connectivity index (χ0) is 14.7. The Morgan fingerprint density at radius 3 is 2.33 bits per heavy atom. The molecule has 0 N–H and O–H groups in total. The van der Waals surface area contributed by atoms with Gasteiger partial charge in [-0.05, 0) is 50.9 Å². The summed E-state index contributed by atoms with van der Waals surface area (Å²) in [5.41, 5.74) is 0.635. The Labute approximate surface area is 131 Å². The summed E-state index contributed by atoms with van der Waals surface area (Å²) < 4.78 is 0. The zero-order valence-electron chi connectivity index (χ0n) is 12.4. The van der Waals surface area contributed by atoms with Gasteiger partial charge in [-0.15, -0.1) is 0 Å². The first-order valence-electron chi connectivity index (χ1n) is 8.03. The summed E-state index contributed by atoms with van der Waals surface area (Å²) in [5.74, 6) is 0.0812. The molecule has 3 nitrogen and oxygen atoms in total. The van der Waals surface area contributed by atoms with Crippen molar-refractivity contribution in [2.45, 2.75) is 38.1 Å². The molecule has 0 saturated carbocycles. The highest BCUT2D eigenvalue weighted by Crippen LogP contribution is 2.23. The first-order chi connectivity index (χ1) is 10.3. The number of piperidine rings is 2. The van der Waals surface area contributed by atoms with E-state index in [1.165, 1.54) is 32.4 Å². The van der Waals surface area contributed by atoms with E-state index in [-0.39, 0.29) is 5.91 Å². The summed E-state index contributed by atoms with van der Waals surface area (Å²) in [4.78, 5) is 17.1. The minimum absolute atomic E-state index is 0.0812. The van der Waals surface area contributed by atoms with Crippen LogP contribution in [0.2, 0.25) is 5.02 Å². The minimum Gasteiger partial charge on any atom is -0.338 e. The van der Waals surface area contributed by atoms with Crippen molar-refractivity contribution >= 4 is 17.5 Å². The lowest BCUT2D eigenvalue weighted by atomic mass is 9.99. The lowest BCUT2D eigenvalue weighted by Gasteiger charge is -2.40. The van der Waals surface area contributed by atoms with E-state index in [2.05, 4.69) is 4.90 Å². The molecule has 0 aromatic heterocycles. The Morgan fingerprint density at radius 1 is 1.00 bits per heavy atom. The van der Waals surface area contributed by atoms with Crippen LogP contribution >= 0.6 is 11.6 Å². The van der Waals surface area contributed by atoms with Crippen molar-refractivity contribution in [3.05, 3.63) is 34.9 Å². The monoisotopic (exact) mass is 306 g/mol. The lowest BCUT2D eigenvalue weighted by molar-refractivity contribution is 0.0590. The second kappa shape index (κ2) is 6.80. The van der Waals surface area contributed by atoms with Gasteiger partial charge >= 0.3 is 0 Å². The molecule has 2 fully saturated rings. The predicted molar refractivity (Wildman–Crippen MR) is 85.8 cm³/mol. The smallest absolute Gasteiger partial charge is 0.255 e. The first-order valence-corrected chi connectivity index (χ1v) is 8.41. The van der Waals surface area contributed by atoms with Gasteiger partial charge in [0.25, 0.3) is 5.91 Å². The van der Waals surface area contributed by atoms with Crippen LogP contribution in [0, 0.1) is 0 Å². The number of hydrogen-bond acceptors (Lipinski definition) is 2. The largest absolute Gasteiger partial charge is 0.338 e. The molecular formula is C17H23ClN2O. The molecule has 2 heterocycles. The fourth-order valence-electron chi connectivity index (χ4n) is 3.52. The molecule has 3 rings (SSSR count). The number of nitrogens with zero attached hydrogens (tertiary/aromatic N) is 2. The number of carbonyl (C=O) groups is 1. The number of benzene rings is 1. The maximum Gasteiger partial charge on any atom is 0.255 e. The minimum atomic E-state index is 0.0812. The summed E-state index contributed by atoms with van der Waals surface area (Å²) >= 11 is 6.13. The lowest BCUT2D eigenvalue weighted by Crippen LogP contribution is -2.48. The van der Waals surface area contributed by atoms with Gasteiger partial charge < -0.3 is 9.80 Å². The van der Waals surface area contributed by atoms with Gasteiger partial charge in [0.15, 0.2) is 0 Å². The number of rotatable bonds is 2. The Balaban J connectivity index is 1.58. The SMILES string of the molecule is O=C(c1ccccc1Cl)N1CCC(N2CCCCC2)CC1. The molecule has 1 amide bonds. The van der Waals surface area contributed by atoms with E-state index in [0.717, 1.165) is 25.9 Å². The second-order valence-electron chi connectivity index (χ2n) is 6.10. The fraction of sp³-hybridized carbons (Fsp3) is 0.588. The van der Waals surface area contributed by atoms with Crippen molar-refractivity contribution in [1.29, 1.82) is 0 Å². The quantitative estimate of drug-likeness (QED) is 0.836. The highest BCUT2D eigenvalue weighted by molar-refractivity contribution is 6.33. The Bertz CT molecular complexity index is 491. The fourth-order valence-corrected chi connectivity index (χ4v) is 3.74. The predicted octanol–water partition coefficient (Wildman–Crippen LogP) is 3.43. The van der Waals surface area contributed by atoms with Gasteiger partial charge in [0.1, 0.15) is 0 Å². The molecule has 1 aromatic rings. The average Bonchev–Trinajstić information content (AvgIpc) is 2.56. The van der Waals surface area contributed by atoms with Gasteiger partial charge in [0, 0.05) is 19.1 Å². The topological polar surface area (TPSA) is 23.6 Å². The molecule has 0 unspecified atom stereocenters. The van der Waals surface area contributed by atoms with Crippen molar-refractivity contribution in [2.24, 2.45) is 0 Å². The summed E-state index contributed by atoms with van der Waals surface area (Å²) in [6.45, 7) is 4.18. The molecule has 4 heteroatoms. The molecule has 0 bridgehead atoms. The number of hydrogen-bond donors (Lipinski definition) is 0. The van der Waals surface area contributed by atoms with Gasteiger partial charge in [0.2, 0.25) is 0 Å². The molecule has 0 radical (unpaired) electrons. The average molecular weight is 307 g/mol. The van der Waals surface area contributed by atoms with Gasteiger partial charge in [0.05, 0.1) is 10.6 Å². The van der Waals surface area contributed by atoms with E-state index >= 15 is 0 Å². The molecule has 0 atom stereocenters. The van der Waals surface area contributed by atoms with Crippen LogP contribution < -0.4 is 0 Å². The third-order valence-electron chi connectivity index (χ3n) is 4.76. The van der Waals surface area contributed by atoms with Crippen molar-refractivity contribution in [1.82, 2.24) is 9.80 Å². The van der Waals surface area contributed by atoms with Crippen molar-refractivity contribution in [2.75, 3.05) is 26.2 Å². The zero-order valence-corrected chi connectivity index (χ0v) is 13.2. The van der Waals surface area contributed by atoms with Crippen LogP contribution in [0.4, 0.5) is 0 Å². The van der Waals surface area contributed by atoms with Gasteiger partial charge in [-0.1, -0.05) is 30.2 Å². The van der Waals surface area contributed by atoms with Crippen LogP contribution in [0.15, 0.2) is 24.3 Å². The molecule has 2 aliphatic heterocycles. The van der Waals surface area contributed by atoms with Crippen molar-refractivity contribution < 1.29 is 4.79 Å². The first kappa shape index (κ1) is 14.9. The summed E-state index contributed by atoms with van der Waals surface area (Å²) in [6.07, 6.45) is 6.23. The van der Waals surface area contributed by atoms with Crippen molar-refractivity contribution in [3.63, 3.8) is 0 Å². The van der Waals surface area contributed by atoms with E-state index in [9.17, 15) is 4.79 Å². The maximum absolute atomic E-state index is 12.5. The van der Waals surface area contributed by atoms with E-state index in [0.29, 0.717) is 16.6 Å². The Hall–Kier alpha value is -1.06. The summed E-state index contributed by atoms with van der Waals surface area (Å²) in [5, 5.41) is 0.556. The molecule has 0 aliphatic carbocycles. The maximum atomic E-state index is 12.5. The standard InChI is InChI=1S/C17H23ClN2O/c18-16-7-3-2-6-15(16)17(21)20-12-8-14(9-13-20)19-10-4-1-5-11-19/h2-3,6-7,14H,1,4-5,8-13H2. The molecule has 1 aromatic carbocycles. The van der Waals surface area contributed by atoms with E-state index in [1.807, 2.05) is 23.1 Å². The van der Waals surface area contributed by atoms with Crippen LogP contribution in [0.5, 0.6) is 0 Å². The van der Waals surface area contributed by atoms with E-state index in [4.69, 9.17) is 11.6 Å². The Morgan fingerprint density at radius 2 is 1.67 bits per heavy atom. The third kappa shape index (κ3) is 3.41. The van der Waals surface area contributed by atoms with Crippen LogP contribution in [0.3, 0.4) is 0 Å². The normalized spacial score (nSPS) is 21.5. The molecule has 2 saturated heterocycles. The van der Waals surface area contributed by atoms with E-state index in [1.54, 1.807) is 6.07 Å². The number of likely N-dealkylation sites (tertiary alicyclic amines) is 2. The van der Waals surface area contributed by atoms with Gasteiger partial charge in [-0.3, -0.25) is 4.79 Å². The highest BCUT2D eigenvalue weighted by atomic mass is 35.5. The molecular weight excluding hydrogens is 284 g/mol. The molecule has 21 heavy (non-hydrogen) atoms. The van der Waals surface area contributed by atoms with Gasteiger partial charge in [-0.2, -0.15) is 0 Å². The number of amides is 1. The van der Waals surface area contributed by atoms with Crippen LogP contribution in [0.25, 0.3) is 0 Å². The number of carbonyl (C=O) groups excluding carboxylic acids is 1. The summed E-state index contributed by atoms with van der Waals surface area (Å²) in [7, 11) is 0. The van der Waals surface area contributed by atoms with Crippen LogP contribution in [-0.2, 0) is 0 Å². The van der Waals surface area contributed by atoms with Gasteiger partial charge in [-0.25, -0.2) is 0 Å².